The van der Waals surface area contributed by atoms with Crippen LogP contribution in [-0.2, 0) is 6.42 Å². The predicted octanol–water partition coefficient (Wildman–Crippen LogP) is 2.23. The fourth-order valence-electron chi connectivity index (χ4n) is 2.19. The molecule has 1 aromatic carbocycles. The molecule has 7 heteroatoms. The number of halogens is 1. The Labute approximate surface area is 140 Å². The average molecular weight is 337 g/mol. The van der Waals surface area contributed by atoms with Crippen LogP contribution in [0.3, 0.4) is 0 Å². The van der Waals surface area contributed by atoms with Crippen LogP contribution >= 0.6 is 11.6 Å². The van der Waals surface area contributed by atoms with Crippen LogP contribution in [0.1, 0.15) is 37.0 Å². The molecule has 0 saturated heterocycles. The minimum absolute atomic E-state index is 0.0112. The largest absolute Gasteiger partial charge is 0.396 e. The van der Waals surface area contributed by atoms with Crippen molar-refractivity contribution in [2.24, 2.45) is 5.92 Å². The molecule has 1 aromatic heterocycles. The lowest BCUT2D eigenvalue weighted by molar-refractivity contribution is 0.0910. The SMILES string of the molecule is CCc1c(C(=O)NC(C)C(C)CO)nnn1-c1cccc(Cl)c1. The van der Waals surface area contributed by atoms with E-state index in [9.17, 15) is 9.90 Å². The van der Waals surface area contributed by atoms with E-state index in [2.05, 4.69) is 15.6 Å². The van der Waals surface area contributed by atoms with E-state index in [1.165, 1.54) is 0 Å². The number of nitrogens with one attached hydrogen (secondary N) is 1. The van der Waals surface area contributed by atoms with Crippen molar-refractivity contribution in [2.75, 3.05) is 6.61 Å². The van der Waals surface area contributed by atoms with Gasteiger partial charge < -0.3 is 10.4 Å². The first-order chi connectivity index (χ1) is 11.0. The highest BCUT2D eigenvalue weighted by molar-refractivity contribution is 6.30. The van der Waals surface area contributed by atoms with Gasteiger partial charge in [-0.25, -0.2) is 4.68 Å². The molecule has 2 N–H and O–H groups in total. The molecule has 2 atom stereocenters. The topological polar surface area (TPSA) is 80.0 Å². The normalized spacial score (nSPS) is 13.6. The molecule has 0 aliphatic carbocycles. The van der Waals surface area contributed by atoms with E-state index >= 15 is 0 Å². The molecule has 0 aliphatic heterocycles. The lowest BCUT2D eigenvalue weighted by Gasteiger charge is -2.18. The summed E-state index contributed by atoms with van der Waals surface area (Å²) in [5, 5.41) is 20.7. The van der Waals surface area contributed by atoms with E-state index in [1.807, 2.05) is 32.9 Å². The maximum absolute atomic E-state index is 12.4. The molecule has 0 bridgehead atoms. The number of amides is 1. The van der Waals surface area contributed by atoms with Crippen molar-refractivity contribution < 1.29 is 9.90 Å². The van der Waals surface area contributed by atoms with Gasteiger partial charge in [0.25, 0.3) is 5.91 Å². The number of hydrogen-bond acceptors (Lipinski definition) is 4. The van der Waals surface area contributed by atoms with Gasteiger partial charge in [0.2, 0.25) is 0 Å². The molecule has 0 radical (unpaired) electrons. The third-order valence-corrected chi connectivity index (χ3v) is 4.10. The monoisotopic (exact) mass is 336 g/mol. The maximum atomic E-state index is 12.4. The van der Waals surface area contributed by atoms with Crippen LogP contribution in [-0.4, -0.2) is 38.7 Å². The van der Waals surface area contributed by atoms with E-state index in [0.29, 0.717) is 22.8 Å². The highest BCUT2D eigenvalue weighted by Gasteiger charge is 2.22. The maximum Gasteiger partial charge on any atom is 0.273 e. The molecule has 2 unspecified atom stereocenters. The van der Waals surface area contributed by atoms with Crippen LogP contribution in [0.25, 0.3) is 5.69 Å². The number of aliphatic hydroxyl groups excluding tert-OH is 1. The van der Waals surface area contributed by atoms with Gasteiger partial charge in [-0.1, -0.05) is 36.7 Å². The summed E-state index contributed by atoms with van der Waals surface area (Å²) in [4.78, 5) is 12.4. The van der Waals surface area contributed by atoms with Crippen LogP contribution in [0.15, 0.2) is 24.3 Å². The molecule has 1 amide bonds. The van der Waals surface area contributed by atoms with E-state index in [0.717, 1.165) is 5.69 Å². The quantitative estimate of drug-likeness (QED) is 0.847. The van der Waals surface area contributed by atoms with Gasteiger partial charge in [0.15, 0.2) is 5.69 Å². The summed E-state index contributed by atoms with van der Waals surface area (Å²) in [6.45, 7) is 5.67. The number of benzene rings is 1. The molecular weight excluding hydrogens is 316 g/mol. The predicted molar refractivity (Wildman–Crippen MR) is 88.9 cm³/mol. The summed E-state index contributed by atoms with van der Waals surface area (Å²) in [5.74, 6) is -0.324. The zero-order valence-corrected chi connectivity index (χ0v) is 14.2. The number of aliphatic hydroxyl groups is 1. The molecule has 23 heavy (non-hydrogen) atoms. The smallest absolute Gasteiger partial charge is 0.273 e. The first-order valence-electron chi connectivity index (χ1n) is 7.60. The molecule has 6 nitrogen and oxygen atoms in total. The highest BCUT2D eigenvalue weighted by atomic mass is 35.5. The summed E-state index contributed by atoms with van der Waals surface area (Å²) in [6, 6.07) is 7.07. The van der Waals surface area contributed by atoms with Gasteiger partial charge >= 0.3 is 0 Å². The first kappa shape index (κ1) is 17.4. The Kier molecular flexibility index (Phi) is 5.74. The van der Waals surface area contributed by atoms with Gasteiger partial charge in [-0.15, -0.1) is 5.10 Å². The second-order valence-electron chi connectivity index (χ2n) is 5.55. The van der Waals surface area contributed by atoms with Crippen molar-refractivity contribution in [1.29, 1.82) is 0 Å². The Morgan fingerprint density at radius 1 is 1.43 bits per heavy atom. The average Bonchev–Trinajstić information content (AvgIpc) is 2.97. The third kappa shape index (κ3) is 3.89. The van der Waals surface area contributed by atoms with Crippen LogP contribution in [0.4, 0.5) is 0 Å². The highest BCUT2D eigenvalue weighted by Crippen LogP contribution is 2.18. The van der Waals surface area contributed by atoms with Crippen molar-refractivity contribution in [3.05, 3.63) is 40.7 Å². The van der Waals surface area contributed by atoms with Gasteiger partial charge in [0.1, 0.15) is 0 Å². The number of carbonyl (C=O) groups excluding carboxylic acids is 1. The van der Waals surface area contributed by atoms with E-state index < -0.39 is 0 Å². The number of aromatic nitrogens is 3. The molecule has 0 saturated carbocycles. The molecule has 0 fully saturated rings. The van der Waals surface area contributed by atoms with E-state index in [4.69, 9.17) is 11.6 Å². The Balaban J connectivity index is 2.29. The minimum atomic E-state index is -0.289. The Hall–Kier alpha value is -1.92. The minimum Gasteiger partial charge on any atom is -0.396 e. The number of hydrogen-bond donors (Lipinski definition) is 2. The fourth-order valence-corrected chi connectivity index (χ4v) is 2.37. The molecule has 0 aliphatic rings. The molecule has 2 aromatic rings. The zero-order valence-electron chi connectivity index (χ0n) is 13.5. The second kappa shape index (κ2) is 7.57. The Morgan fingerprint density at radius 2 is 2.17 bits per heavy atom. The van der Waals surface area contributed by atoms with Crippen molar-refractivity contribution in [3.8, 4) is 5.69 Å². The van der Waals surface area contributed by atoms with Crippen molar-refractivity contribution >= 4 is 17.5 Å². The lowest BCUT2D eigenvalue weighted by Crippen LogP contribution is -2.38. The summed E-state index contributed by atoms with van der Waals surface area (Å²) in [6.07, 6.45) is 0.603. The molecule has 0 spiro atoms. The molecule has 2 rings (SSSR count). The van der Waals surface area contributed by atoms with Crippen molar-refractivity contribution in [3.63, 3.8) is 0 Å². The number of nitrogens with zero attached hydrogens (tertiary/aromatic N) is 3. The molecular formula is C16H21ClN4O2. The first-order valence-corrected chi connectivity index (χ1v) is 7.98. The van der Waals surface area contributed by atoms with Gasteiger partial charge in [-0.05, 0) is 37.5 Å². The number of carbonyl (C=O) groups is 1. The Morgan fingerprint density at radius 3 is 2.78 bits per heavy atom. The fraction of sp³-hybridized carbons (Fsp3) is 0.438. The standard InChI is InChI=1S/C16H21ClN4O2/c1-4-14-15(16(23)18-11(3)10(2)9-22)19-20-21(14)13-7-5-6-12(17)8-13/h5-8,10-11,22H,4,9H2,1-3H3,(H,18,23). The lowest BCUT2D eigenvalue weighted by atomic mass is 10.0. The van der Waals surface area contributed by atoms with Crippen LogP contribution in [0.2, 0.25) is 5.02 Å². The summed E-state index contributed by atoms with van der Waals surface area (Å²) < 4.78 is 1.63. The van der Waals surface area contributed by atoms with Crippen molar-refractivity contribution in [1.82, 2.24) is 20.3 Å². The Bertz CT molecular complexity index is 686. The third-order valence-electron chi connectivity index (χ3n) is 3.87. The van der Waals surface area contributed by atoms with Gasteiger partial charge in [0.05, 0.1) is 11.4 Å². The van der Waals surface area contributed by atoms with Gasteiger partial charge in [0, 0.05) is 17.7 Å². The summed E-state index contributed by atoms with van der Waals surface area (Å²) >= 11 is 6.01. The molecule has 1 heterocycles. The van der Waals surface area contributed by atoms with E-state index in [-0.39, 0.29) is 24.5 Å². The van der Waals surface area contributed by atoms with Crippen LogP contribution < -0.4 is 5.32 Å². The second-order valence-corrected chi connectivity index (χ2v) is 5.99. The zero-order chi connectivity index (χ0) is 17.0. The number of rotatable bonds is 6. The van der Waals surface area contributed by atoms with E-state index in [1.54, 1.807) is 16.8 Å². The van der Waals surface area contributed by atoms with Crippen LogP contribution in [0.5, 0.6) is 0 Å². The molecule has 124 valence electrons. The van der Waals surface area contributed by atoms with Crippen molar-refractivity contribution in [2.45, 2.75) is 33.2 Å². The van der Waals surface area contributed by atoms with Gasteiger partial charge in [-0.2, -0.15) is 0 Å². The summed E-state index contributed by atoms with van der Waals surface area (Å²) in [7, 11) is 0. The summed E-state index contributed by atoms with van der Waals surface area (Å²) in [5.41, 5.74) is 1.77. The van der Waals surface area contributed by atoms with Crippen LogP contribution in [0, 0.1) is 5.92 Å². The van der Waals surface area contributed by atoms with Gasteiger partial charge in [-0.3, -0.25) is 4.79 Å².